The zero-order valence-electron chi connectivity index (χ0n) is 15.1. The van der Waals surface area contributed by atoms with E-state index in [0.717, 1.165) is 44.9 Å². The van der Waals surface area contributed by atoms with Crippen LogP contribution in [0.15, 0.2) is 23.3 Å². The van der Waals surface area contributed by atoms with Crippen molar-refractivity contribution in [2.45, 2.75) is 71.8 Å². The molecular weight excluding hydrogens is 300 g/mol. The molecule has 130 valence electrons. The van der Waals surface area contributed by atoms with E-state index in [0.29, 0.717) is 17.6 Å². The zero-order chi connectivity index (χ0) is 17.1. The van der Waals surface area contributed by atoms with Crippen molar-refractivity contribution in [2.24, 2.45) is 22.7 Å². The number of hydrogen-bond donors (Lipinski definition) is 0. The van der Waals surface area contributed by atoms with Gasteiger partial charge in [0.15, 0.2) is 0 Å². The van der Waals surface area contributed by atoms with Gasteiger partial charge in [-0.25, -0.2) is 0 Å². The quantitative estimate of drug-likeness (QED) is 0.530. The molecule has 3 nitrogen and oxygen atoms in total. The number of carbonyl (C=O) groups is 2. The Kier molecular flexibility index (Phi) is 3.56. The molecule has 0 spiro atoms. The number of esters is 1. The van der Waals surface area contributed by atoms with Crippen molar-refractivity contribution in [3.05, 3.63) is 23.3 Å². The second-order valence-electron chi connectivity index (χ2n) is 8.70. The van der Waals surface area contributed by atoms with Crippen LogP contribution in [0.2, 0.25) is 0 Å². The molecule has 0 radical (unpaired) electrons. The van der Waals surface area contributed by atoms with Crippen LogP contribution < -0.4 is 0 Å². The molecule has 1 saturated carbocycles. The SMILES string of the molecule is CC(=O)OC1C=C[C@]2(C)C3=C(CCC2C1)C1CCC(=O)[C@@]1(C)CC3. The molecular formula is C21H28O3. The monoisotopic (exact) mass is 328 g/mol. The molecule has 0 aromatic heterocycles. The summed E-state index contributed by atoms with van der Waals surface area (Å²) >= 11 is 0. The number of Topliss-reactive ketones (excluding diaryl/α,β-unsaturated/α-hetero) is 1. The van der Waals surface area contributed by atoms with E-state index in [1.807, 2.05) is 0 Å². The highest BCUT2D eigenvalue weighted by Gasteiger charge is 2.54. The number of hydrogen-bond acceptors (Lipinski definition) is 3. The first-order chi connectivity index (χ1) is 11.3. The Morgan fingerprint density at radius 3 is 2.75 bits per heavy atom. The number of fused-ring (bicyclic) bond motifs is 4. The van der Waals surface area contributed by atoms with E-state index in [-0.39, 0.29) is 22.9 Å². The summed E-state index contributed by atoms with van der Waals surface area (Å²) in [6, 6.07) is 0. The summed E-state index contributed by atoms with van der Waals surface area (Å²) in [6.45, 7) is 6.06. The summed E-state index contributed by atoms with van der Waals surface area (Å²) in [7, 11) is 0. The average molecular weight is 328 g/mol. The largest absolute Gasteiger partial charge is 0.458 e. The lowest BCUT2D eigenvalue weighted by atomic mass is 9.53. The summed E-state index contributed by atoms with van der Waals surface area (Å²) in [4.78, 5) is 23.7. The fraction of sp³-hybridized carbons (Fsp3) is 0.714. The van der Waals surface area contributed by atoms with Gasteiger partial charge in [-0.15, -0.1) is 0 Å². The molecule has 0 aliphatic heterocycles. The molecule has 0 bridgehead atoms. The predicted molar refractivity (Wildman–Crippen MR) is 92.2 cm³/mol. The fourth-order valence-electron chi connectivity index (χ4n) is 6.08. The highest BCUT2D eigenvalue weighted by Crippen LogP contribution is 2.61. The third-order valence-corrected chi connectivity index (χ3v) is 7.52. The van der Waals surface area contributed by atoms with E-state index in [4.69, 9.17) is 4.74 Å². The lowest BCUT2D eigenvalue weighted by molar-refractivity contribution is -0.145. The van der Waals surface area contributed by atoms with Crippen molar-refractivity contribution in [3.63, 3.8) is 0 Å². The van der Waals surface area contributed by atoms with E-state index in [1.165, 1.54) is 6.92 Å². The molecule has 24 heavy (non-hydrogen) atoms. The Balaban J connectivity index is 1.69. The Bertz CT molecular complexity index is 658. The number of ketones is 1. The molecule has 1 fully saturated rings. The minimum atomic E-state index is -0.193. The number of allylic oxidation sites excluding steroid dienone is 3. The lowest BCUT2D eigenvalue weighted by Crippen LogP contribution is -2.43. The molecule has 0 saturated heterocycles. The van der Waals surface area contributed by atoms with Crippen LogP contribution >= 0.6 is 0 Å². The molecule has 0 aromatic rings. The maximum Gasteiger partial charge on any atom is 0.303 e. The molecule has 4 aliphatic rings. The summed E-state index contributed by atoms with van der Waals surface area (Å²) < 4.78 is 5.43. The van der Waals surface area contributed by atoms with Crippen molar-refractivity contribution < 1.29 is 14.3 Å². The Morgan fingerprint density at radius 1 is 1.21 bits per heavy atom. The molecule has 0 amide bonds. The number of rotatable bonds is 1. The van der Waals surface area contributed by atoms with Gasteiger partial charge in [0, 0.05) is 24.2 Å². The summed E-state index contributed by atoms with van der Waals surface area (Å²) in [6.07, 6.45) is 11.4. The van der Waals surface area contributed by atoms with Gasteiger partial charge in [-0.2, -0.15) is 0 Å². The standard InChI is InChI=1S/C21H28O3/c1-13(22)24-15-8-10-20(2)14(12-15)4-5-16-17-6-7-19(23)21(17,3)11-9-18(16)20/h8,10,14-15,17H,4-7,9,11-12H2,1-3H3/t14?,15?,17?,20-,21-/m0/s1. The molecule has 3 unspecified atom stereocenters. The predicted octanol–water partition coefficient (Wildman–Crippen LogP) is 4.37. The fourth-order valence-corrected chi connectivity index (χ4v) is 6.08. The average Bonchev–Trinajstić information content (AvgIpc) is 2.83. The topological polar surface area (TPSA) is 43.4 Å². The summed E-state index contributed by atoms with van der Waals surface area (Å²) in [5.74, 6) is 1.32. The second kappa shape index (κ2) is 5.31. The summed E-state index contributed by atoms with van der Waals surface area (Å²) in [5.41, 5.74) is 3.20. The van der Waals surface area contributed by atoms with Gasteiger partial charge in [0.2, 0.25) is 0 Å². The first kappa shape index (κ1) is 16.1. The van der Waals surface area contributed by atoms with Gasteiger partial charge in [0.25, 0.3) is 0 Å². The first-order valence-corrected chi connectivity index (χ1v) is 9.47. The van der Waals surface area contributed by atoms with Crippen LogP contribution in [0.5, 0.6) is 0 Å². The van der Waals surface area contributed by atoms with Crippen molar-refractivity contribution in [2.75, 3.05) is 0 Å². The van der Waals surface area contributed by atoms with Crippen LogP contribution in [0, 0.1) is 22.7 Å². The van der Waals surface area contributed by atoms with Crippen molar-refractivity contribution in [1.82, 2.24) is 0 Å². The third-order valence-electron chi connectivity index (χ3n) is 7.52. The molecule has 3 heteroatoms. The Hall–Kier alpha value is -1.38. The van der Waals surface area contributed by atoms with Crippen molar-refractivity contribution in [3.8, 4) is 0 Å². The van der Waals surface area contributed by atoms with Crippen LogP contribution in [0.1, 0.15) is 65.7 Å². The van der Waals surface area contributed by atoms with Crippen LogP contribution in [0.25, 0.3) is 0 Å². The van der Waals surface area contributed by atoms with Gasteiger partial charge in [-0.05, 0) is 56.4 Å². The van der Waals surface area contributed by atoms with Gasteiger partial charge < -0.3 is 4.74 Å². The maximum absolute atomic E-state index is 12.4. The lowest BCUT2D eigenvalue weighted by Gasteiger charge is -2.51. The van der Waals surface area contributed by atoms with E-state index in [2.05, 4.69) is 26.0 Å². The van der Waals surface area contributed by atoms with Crippen LogP contribution in [-0.2, 0) is 14.3 Å². The van der Waals surface area contributed by atoms with Gasteiger partial charge in [-0.3, -0.25) is 9.59 Å². The smallest absolute Gasteiger partial charge is 0.303 e. The van der Waals surface area contributed by atoms with Crippen molar-refractivity contribution >= 4 is 11.8 Å². The van der Waals surface area contributed by atoms with E-state index < -0.39 is 0 Å². The normalized spacial score (nSPS) is 44.0. The van der Waals surface area contributed by atoms with Crippen LogP contribution in [-0.4, -0.2) is 17.9 Å². The van der Waals surface area contributed by atoms with E-state index >= 15 is 0 Å². The van der Waals surface area contributed by atoms with E-state index in [9.17, 15) is 9.59 Å². The minimum absolute atomic E-state index is 0.0651. The molecule has 0 N–H and O–H groups in total. The molecule has 4 aliphatic carbocycles. The number of ether oxygens (including phenoxy) is 1. The Labute approximate surface area is 144 Å². The summed E-state index contributed by atoms with van der Waals surface area (Å²) in [5, 5.41) is 0. The van der Waals surface area contributed by atoms with Crippen molar-refractivity contribution in [1.29, 1.82) is 0 Å². The van der Waals surface area contributed by atoms with Gasteiger partial charge in [0.1, 0.15) is 11.9 Å². The third kappa shape index (κ3) is 2.16. The highest BCUT2D eigenvalue weighted by molar-refractivity contribution is 5.88. The number of carbonyl (C=O) groups excluding carboxylic acids is 2. The van der Waals surface area contributed by atoms with Gasteiger partial charge >= 0.3 is 5.97 Å². The van der Waals surface area contributed by atoms with Gasteiger partial charge in [-0.1, -0.05) is 31.1 Å². The van der Waals surface area contributed by atoms with Gasteiger partial charge in [0.05, 0.1) is 0 Å². The van der Waals surface area contributed by atoms with Crippen LogP contribution in [0.4, 0.5) is 0 Å². The highest BCUT2D eigenvalue weighted by atomic mass is 16.5. The zero-order valence-corrected chi connectivity index (χ0v) is 15.1. The van der Waals surface area contributed by atoms with Crippen LogP contribution in [0.3, 0.4) is 0 Å². The molecule has 0 heterocycles. The molecule has 4 rings (SSSR count). The second-order valence-corrected chi connectivity index (χ2v) is 8.70. The maximum atomic E-state index is 12.4. The molecule has 5 atom stereocenters. The minimum Gasteiger partial charge on any atom is -0.458 e. The van der Waals surface area contributed by atoms with E-state index in [1.54, 1.807) is 11.1 Å². The first-order valence-electron chi connectivity index (χ1n) is 9.47. The molecule has 0 aromatic carbocycles. The Morgan fingerprint density at radius 2 is 2.00 bits per heavy atom.